The molecule has 10 heteroatoms. The minimum Gasteiger partial charge on any atom is -0.475 e. The molecule has 0 aliphatic rings. The summed E-state index contributed by atoms with van der Waals surface area (Å²) in [6.07, 6.45) is 0.503. The summed E-state index contributed by atoms with van der Waals surface area (Å²) in [5.41, 5.74) is 5.66. The zero-order valence-corrected chi connectivity index (χ0v) is 14.9. The van der Waals surface area contributed by atoms with E-state index < -0.39 is 17.8 Å². The molecule has 0 aromatic carbocycles. The van der Waals surface area contributed by atoms with Gasteiger partial charge in [-0.2, -0.15) is 13.2 Å². The molecule has 0 radical (unpaired) electrons. The van der Waals surface area contributed by atoms with Crippen molar-refractivity contribution in [2.75, 3.05) is 0 Å². The predicted molar refractivity (Wildman–Crippen MR) is 96.1 cm³/mol. The lowest BCUT2D eigenvalue weighted by molar-refractivity contribution is -0.141. The molecule has 0 saturated heterocycles. The minimum absolute atomic E-state index is 0.151. The molecule has 28 heavy (non-hydrogen) atoms. The molecule has 3 N–H and O–H groups in total. The van der Waals surface area contributed by atoms with Crippen molar-refractivity contribution in [1.29, 1.82) is 0 Å². The molecule has 0 atom stereocenters. The maximum absolute atomic E-state index is 13.2. The lowest BCUT2D eigenvalue weighted by Crippen LogP contribution is -2.12. The van der Waals surface area contributed by atoms with Crippen LogP contribution in [0.4, 0.5) is 13.2 Å². The summed E-state index contributed by atoms with van der Waals surface area (Å²) < 4.78 is 45.0. The van der Waals surface area contributed by atoms with E-state index in [1.54, 1.807) is 20.0 Å². The van der Waals surface area contributed by atoms with Crippen molar-refractivity contribution in [3.8, 4) is 17.1 Å². The molecule has 0 fully saturated rings. The second kappa shape index (κ2) is 7.29. The lowest BCUT2D eigenvalue weighted by atomic mass is 10.1. The van der Waals surface area contributed by atoms with Crippen LogP contribution in [-0.4, -0.2) is 31.9 Å². The van der Waals surface area contributed by atoms with Crippen molar-refractivity contribution in [2.24, 2.45) is 5.73 Å². The second-order valence-corrected chi connectivity index (χ2v) is 6.18. The van der Waals surface area contributed by atoms with Crippen molar-refractivity contribution in [2.45, 2.75) is 26.1 Å². The largest absolute Gasteiger partial charge is 0.475 e. The van der Waals surface area contributed by atoms with Crippen molar-refractivity contribution < 1.29 is 22.7 Å². The predicted octanol–water partition coefficient (Wildman–Crippen LogP) is 3.32. The zero-order valence-electron chi connectivity index (χ0n) is 14.9. The van der Waals surface area contributed by atoms with Gasteiger partial charge in [-0.05, 0) is 26.0 Å². The molecule has 7 nitrogen and oxygen atoms in total. The van der Waals surface area contributed by atoms with E-state index in [1.807, 2.05) is 0 Å². The maximum atomic E-state index is 13.2. The van der Waals surface area contributed by atoms with Crippen molar-refractivity contribution in [3.63, 3.8) is 0 Å². The summed E-state index contributed by atoms with van der Waals surface area (Å²) in [4.78, 5) is 25.9. The molecule has 0 aliphatic carbocycles. The molecule has 0 bridgehead atoms. The van der Waals surface area contributed by atoms with Gasteiger partial charge in [0.15, 0.2) is 5.65 Å². The molecule has 3 rings (SSSR count). The number of amides is 1. The van der Waals surface area contributed by atoms with Gasteiger partial charge in [0.25, 0.3) is 0 Å². The van der Waals surface area contributed by atoms with E-state index >= 15 is 0 Å². The Labute approximate surface area is 157 Å². The molecular formula is C18H16F3N5O2. The number of rotatable bonds is 5. The zero-order chi connectivity index (χ0) is 20.5. The molecular weight excluding hydrogens is 375 g/mol. The van der Waals surface area contributed by atoms with Gasteiger partial charge in [0.1, 0.15) is 11.2 Å². The fourth-order valence-electron chi connectivity index (χ4n) is 2.45. The number of hydrogen-bond acceptors (Lipinski definition) is 5. The van der Waals surface area contributed by atoms with Crippen LogP contribution in [0, 0.1) is 0 Å². The van der Waals surface area contributed by atoms with Crippen LogP contribution >= 0.6 is 0 Å². The van der Waals surface area contributed by atoms with Crippen molar-refractivity contribution >= 4 is 23.1 Å². The SMILES string of the molecule is CC(C)Oc1cc(-c2cnc3[nH]cc(/C=C/C(N)=O)c3n2)cc(C(F)(F)F)n1. The van der Waals surface area contributed by atoms with Gasteiger partial charge in [0, 0.05) is 29.5 Å². The summed E-state index contributed by atoms with van der Waals surface area (Å²) in [5, 5.41) is 0. The normalized spacial score (nSPS) is 12.2. The Balaban J connectivity index is 2.12. The van der Waals surface area contributed by atoms with E-state index in [-0.39, 0.29) is 23.2 Å². The Morgan fingerprint density at radius 2 is 2.04 bits per heavy atom. The molecule has 0 aliphatic heterocycles. The van der Waals surface area contributed by atoms with Gasteiger partial charge in [-0.1, -0.05) is 0 Å². The number of halogens is 3. The number of pyridine rings is 1. The fourth-order valence-corrected chi connectivity index (χ4v) is 2.45. The number of nitrogens with zero attached hydrogens (tertiary/aromatic N) is 3. The Hall–Kier alpha value is -3.43. The number of primary amides is 1. The Morgan fingerprint density at radius 1 is 1.29 bits per heavy atom. The molecule has 146 valence electrons. The summed E-state index contributed by atoms with van der Waals surface area (Å²) >= 11 is 0. The number of hydrogen-bond donors (Lipinski definition) is 2. The second-order valence-electron chi connectivity index (χ2n) is 6.18. The number of fused-ring (bicyclic) bond motifs is 1. The number of nitrogens with one attached hydrogen (secondary N) is 1. The van der Waals surface area contributed by atoms with Gasteiger partial charge in [0.2, 0.25) is 11.8 Å². The molecule has 1 amide bonds. The van der Waals surface area contributed by atoms with Gasteiger partial charge in [-0.25, -0.2) is 15.0 Å². The van der Waals surface area contributed by atoms with Crippen LogP contribution in [0.25, 0.3) is 28.5 Å². The first-order chi connectivity index (χ1) is 13.1. The average molecular weight is 391 g/mol. The monoisotopic (exact) mass is 391 g/mol. The fraction of sp³-hybridized carbons (Fsp3) is 0.222. The van der Waals surface area contributed by atoms with Gasteiger partial charge < -0.3 is 15.5 Å². The number of alkyl halides is 3. The highest BCUT2D eigenvalue weighted by atomic mass is 19.4. The third-order valence-corrected chi connectivity index (χ3v) is 3.58. The summed E-state index contributed by atoms with van der Waals surface area (Å²) in [7, 11) is 0. The van der Waals surface area contributed by atoms with Crippen LogP contribution in [0.2, 0.25) is 0 Å². The molecule has 0 spiro atoms. The Kier molecular flexibility index (Phi) is 5.04. The smallest absolute Gasteiger partial charge is 0.433 e. The molecule has 0 unspecified atom stereocenters. The van der Waals surface area contributed by atoms with Crippen LogP contribution in [0.1, 0.15) is 25.1 Å². The molecule has 3 heterocycles. The van der Waals surface area contributed by atoms with Crippen molar-refractivity contribution in [1.82, 2.24) is 19.9 Å². The standard InChI is InChI=1S/C18H16F3N5O2/c1-9(2)28-15-6-11(5-13(26-15)18(19,20)21)12-8-24-17-16(25-12)10(7-23-17)3-4-14(22)27/h3-9H,1-2H3,(H2,22,27)(H,23,24)/b4-3+. The van der Waals surface area contributed by atoms with E-state index in [1.165, 1.54) is 18.3 Å². The van der Waals surface area contributed by atoms with E-state index in [2.05, 4.69) is 19.9 Å². The number of carbonyl (C=O) groups excluding carboxylic acids is 1. The van der Waals surface area contributed by atoms with Crippen LogP contribution in [0.15, 0.2) is 30.6 Å². The summed E-state index contributed by atoms with van der Waals surface area (Å²) in [5.74, 6) is -0.803. The Bertz CT molecular complexity index is 1060. The quantitative estimate of drug-likeness (QED) is 0.649. The number of nitrogens with two attached hydrogens (primary N) is 1. The van der Waals surface area contributed by atoms with E-state index in [9.17, 15) is 18.0 Å². The lowest BCUT2D eigenvalue weighted by Gasteiger charge is -2.13. The minimum atomic E-state index is -4.65. The van der Waals surface area contributed by atoms with E-state index in [0.717, 1.165) is 12.1 Å². The van der Waals surface area contributed by atoms with Gasteiger partial charge in [-0.15, -0.1) is 0 Å². The van der Waals surface area contributed by atoms with Gasteiger partial charge in [-0.3, -0.25) is 4.79 Å². The van der Waals surface area contributed by atoms with Gasteiger partial charge >= 0.3 is 6.18 Å². The highest BCUT2D eigenvalue weighted by Gasteiger charge is 2.34. The number of H-pyrrole nitrogens is 1. The summed E-state index contributed by atoms with van der Waals surface area (Å²) in [6.45, 7) is 3.37. The van der Waals surface area contributed by atoms with Gasteiger partial charge in [0.05, 0.1) is 18.0 Å². The first-order valence-corrected chi connectivity index (χ1v) is 8.21. The maximum Gasteiger partial charge on any atom is 0.433 e. The number of ether oxygens (including phenoxy) is 1. The highest BCUT2D eigenvalue weighted by Crippen LogP contribution is 2.33. The van der Waals surface area contributed by atoms with E-state index in [4.69, 9.17) is 10.5 Å². The third-order valence-electron chi connectivity index (χ3n) is 3.58. The molecule has 0 saturated carbocycles. The summed E-state index contributed by atoms with van der Waals surface area (Å²) in [6, 6.07) is 2.26. The van der Waals surface area contributed by atoms with Crippen LogP contribution < -0.4 is 10.5 Å². The average Bonchev–Trinajstić information content (AvgIpc) is 3.00. The molecule has 3 aromatic heterocycles. The number of aromatic nitrogens is 4. The topological polar surface area (TPSA) is 107 Å². The third kappa shape index (κ3) is 4.27. The highest BCUT2D eigenvalue weighted by molar-refractivity contribution is 5.93. The Morgan fingerprint density at radius 3 is 2.68 bits per heavy atom. The molecule has 3 aromatic rings. The van der Waals surface area contributed by atoms with Crippen molar-refractivity contribution in [3.05, 3.63) is 41.9 Å². The number of carbonyl (C=O) groups is 1. The first kappa shape index (κ1) is 19.3. The number of aromatic amines is 1. The van der Waals surface area contributed by atoms with E-state index in [0.29, 0.717) is 16.7 Å². The van der Waals surface area contributed by atoms with Crippen LogP contribution in [0.5, 0.6) is 5.88 Å². The van der Waals surface area contributed by atoms with Crippen LogP contribution in [0.3, 0.4) is 0 Å². The first-order valence-electron chi connectivity index (χ1n) is 8.21. The van der Waals surface area contributed by atoms with Crippen LogP contribution in [-0.2, 0) is 11.0 Å².